The largest absolute Gasteiger partial charge is 0.497 e. The zero-order valence-corrected chi connectivity index (χ0v) is 35.2. The number of imidazole rings is 1. The SMILES string of the molecule is COc1ccc(C(OC[C@@H]2O[C@@H](n3cnc4c(-c5cccs5)cccc43)C[C@@H]2N(CCC#N)P(=O)(C(C)C)C(C)C)(c2ccccc2)c2ccc(OC)cc2)cc1. The van der Waals surface area contributed by atoms with Gasteiger partial charge in [-0.1, -0.05) is 100 Å². The topological polar surface area (TPSA) is 98.8 Å². The Morgan fingerprint density at radius 3 is 2.07 bits per heavy atom. The fraction of sp³-hybridized carbons (Fsp3) is 0.348. The fourth-order valence-corrected chi connectivity index (χ4v) is 12.7. The third kappa shape index (κ3) is 7.68. The maximum Gasteiger partial charge on any atom is 0.155 e. The predicted octanol–water partition coefficient (Wildman–Crippen LogP) is 10.8. The predicted molar refractivity (Wildman–Crippen MR) is 228 cm³/mol. The van der Waals surface area contributed by atoms with Crippen LogP contribution in [0.3, 0.4) is 0 Å². The van der Waals surface area contributed by atoms with Gasteiger partial charge in [0.25, 0.3) is 0 Å². The van der Waals surface area contributed by atoms with Gasteiger partial charge in [0.1, 0.15) is 23.3 Å². The summed E-state index contributed by atoms with van der Waals surface area (Å²) >= 11 is 1.68. The van der Waals surface area contributed by atoms with Gasteiger partial charge in [0, 0.05) is 47.2 Å². The van der Waals surface area contributed by atoms with Crippen LogP contribution in [0, 0.1) is 11.3 Å². The van der Waals surface area contributed by atoms with Crippen LogP contribution in [0.1, 0.15) is 63.5 Å². The molecule has 11 heteroatoms. The van der Waals surface area contributed by atoms with Crippen molar-refractivity contribution in [2.75, 3.05) is 27.4 Å². The van der Waals surface area contributed by atoms with Crippen molar-refractivity contribution in [3.05, 3.63) is 138 Å². The molecule has 296 valence electrons. The molecular weight excluding hydrogens is 752 g/mol. The number of benzene rings is 4. The highest BCUT2D eigenvalue weighted by Gasteiger charge is 2.49. The van der Waals surface area contributed by atoms with Crippen molar-refractivity contribution >= 4 is 29.7 Å². The summed E-state index contributed by atoms with van der Waals surface area (Å²) in [5, 5.41) is 12.0. The Bertz CT molecular complexity index is 2260. The molecule has 4 aromatic carbocycles. The second-order valence-electron chi connectivity index (χ2n) is 15.0. The molecule has 0 amide bonds. The fourth-order valence-electron chi connectivity index (χ4n) is 8.46. The third-order valence-electron chi connectivity index (χ3n) is 11.3. The number of methoxy groups -OCH3 is 2. The van der Waals surface area contributed by atoms with E-state index in [4.69, 9.17) is 23.9 Å². The normalized spacial score (nSPS) is 17.4. The first-order valence-corrected chi connectivity index (χ1v) is 22.2. The molecule has 57 heavy (non-hydrogen) atoms. The van der Waals surface area contributed by atoms with Crippen LogP contribution in [0.4, 0.5) is 0 Å². The van der Waals surface area contributed by atoms with E-state index < -0.39 is 25.2 Å². The van der Waals surface area contributed by atoms with Gasteiger partial charge in [-0.05, 0) is 58.5 Å². The van der Waals surface area contributed by atoms with Gasteiger partial charge in [0.15, 0.2) is 7.29 Å². The van der Waals surface area contributed by atoms with Crippen LogP contribution in [0.15, 0.2) is 121 Å². The van der Waals surface area contributed by atoms with Gasteiger partial charge in [-0.15, -0.1) is 11.3 Å². The monoisotopic (exact) mass is 802 g/mol. The van der Waals surface area contributed by atoms with E-state index in [-0.39, 0.29) is 30.4 Å². The van der Waals surface area contributed by atoms with Crippen LogP contribution >= 0.6 is 18.6 Å². The number of aromatic nitrogens is 2. The number of ether oxygens (including phenoxy) is 4. The number of thiophene rings is 1. The van der Waals surface area contributed by atoms with Crippen molar-refractivity contribution in [2.24, 2.45) is 0 Å². The molecule has 0 saturated carbocycles. The minimum atomic E-state index is -3.04. The number of nitrogens with zero attached hydrogens (tertiary/aromatic N) is 4. The molecule has 0 bridgehead atoms. The van der Waals surface area contributed by atoms with Crippen molar-refractivity contribution in [1.82, 2.24) is 14.2 Å². The van der Waals surface area contributed by atoms with Gasteiger partial charge in [-0.3, -0.25) is 0 Å². The lowest BCUT2D eigenvalue weighted by Crippen LogP contribution is -2.46. The Hall–Kier alpha value is -4.75. The average molecular weight is 803 g/mol. The molecule has 0 unspecified atom stereocenters. The van der Waals surface area contributed by atoms with E-state index in [1.807, 2.05) is 101 Å². The minimum Gasteiger partial charge on any atom is -0.497 e. The lowest BCUT2D eigenvalue weighted by atomic mass is 9.80. The second kappa shape index (κ2) is 17.4. The maximum absolute atomic E-state index is 15.4. The highest BCUT2D eigenvalue weighted by Crippen LogP contribution is 2.61. The summed E-state index contributed by atoms with van der Waals surface area (Å²) in [4.78, 5) is 6.08. The molecule has 1 aliphatic heterocycles. The van der Waals surface area contributed by atoms with E-state index in [0.29, 0.717) is 13.0 Å². The molecule has 2 aromatic heterocycles. The Morgan fingerprint density at radius 1 is 0.877 bits per heavy atom. The molecule has 7 rings (SSSR count). The summed E-state index contributed by atoms with van der Waals surface area (Å²) < 4.78 is 45.4. The van der Waals surface area contributed by atoms with Crippen molar-refractivity contribution in [1.29, 1.82) is 5.26 Å². The summed E-state index contributed by atoms with van der Waals surface area (Å²) in [6.07, 6.45) is 1.66. The number of hydrogen-bond acceptors (Lipinski definition) is 8. The number of para-hydroxylation sites is 1. The van der Waals surface area contributed by atoms with Gasteiger partial charge >= 0.3 is 0 Å². The highest BCUT2D eigenvalue weighted by atomic mass is 32.1. The van der Waals surface area contributed by atoms with Crippen molar-refractivity contribution in [3.8, 4) is 28.0 Å². The zero-order valence-electron chi connectivity index (χ0n) is 33.4. The van der Waals surface area contributed by atoms with Gasteiger partial charge in [-0.25, -0.2) is 9.65 Å². The standard InChI is InChI=1S/C46H51N4O5PS/c1-32(2)56(51,33(3)4)50(27-12-26-47)41-29-44(49-31-48-45-39(15-10-16-40(45)49)43-17-11-28-57-43)55-42(41)30-54-46(34-13-8-7-9-14-34,35-18-22-37(52-5)23-19-35)36-20-24-38(53-6)25-21-36/h7-11,13-25,28,31-33,41-42,44H,12,27,29-30H2,1-6H3/t41-,42-,44+/m0/s1. The molecule has 3 atom stereocenters. The summed E-state index contributed by atoms with van der Waals surface area (Å²) in [6.45, 7) is 8.63. The summed E-state index contributed by atoms with van der Waals surface area (Å²) in [6, 6.07) is 38.6. The molecule has 0 aliphatic carbocycles. The van der Waals surface area contributed by atoms with E-state index in [9.17, 15) is 5.26 Å². The molecule has 0 radical (unpaired) electrons. The Balaban J connectivity index is 1.36. The minimum absolute atomic E-state index is 0.138. The summed E-state index contributed by atoms with van der Waals surface area (Å²) in [5.41, 5.74) is 4.32. The maximum atomic E-state index is 15.4. The first-order valence-electron chi connectivity index (χ1n) is 19.5. The van der Waals surface area contributed by atoms with Crippen molar-refractivity contribution < 1.29 is 23.5 Å². The molecule has 0 spiro atoms. The van der Waals surface area contributed by atoms with Crippen molar-refractivity contribution in [2.45, 2.75) is 75.8 Å². The smallest absolute Gasteiger partial charge is 0.155 e. The highest BCUT2D eigenvalue weighted by molar-refractivity contribution is 7.62. The number of hydrogen-bond donors (Lipinski definition) is 0. The van der Waals surface area contributed by atoms with Crippen LogP contribution in [-0.2, 0) is 19.6 Å². The first kappa shape index (κ1) is 40.4. The molecular formula is C46H51N4O5PS. The average Bonchev–Trinajstić information content (AvgIpc) is 4.03. The Labute approximate surface area is 340 Å². The second-order valence-corrected chi connectivity index (χ2v) is 19.9. The van der Waals surface area contributed by atoms with Crippen LogP contribution in [0.5, 0.6) is 11.5 Å². The lowest BCUT2D eigenvalue weighted by molar-refractivity contribution is -0.0834. The molecule has 1 aliphatic rings. The molecule has 6 aromatic rings. The van der Waals surface area contributed by atoms with Crippen LogP contribution in [-0.4, -0.2) is 65.1 Å². The Kier molecular flexibility index (Phi) is 12.3. The lowest BCUT2D eigenvalue weighted by Gasteiger charge is -2.43. The van der Waals surface area contributed by atoms with Gasteiger partial charge in [-0.2, -0.15) is 5.26 Å². The number of fused-ring (bicyclic) bond motifs is 1. The molecule has 3 heterocycles. The van der Waals surface area contributed by atoms with Gasteiger partial charge in [0.05, 0.1) is 50.4 Å². The third-order valence-corrected chi connectivity index (χ3v) is 16.4. The quantitative estimate of drug-likeness (QED) is 0.0705. The van der Waals surface area contributed by atoms with Crippen LogP contribution < -0.4 is 9.47 Å². The van der Waals surface area contributed by atoms with Crippen LogP contribution in [0.2, 0.25) is 0 Å². The van der Waals surface area contributed by atoms with E-state index in [2.05, 4.69) is 63.2 Å². The van der Waals surface area contributed by atoms with E-state index in [1.165, 1.54) is 0 Å². The molecule has 9 nitrogen and oxygen atoms in total. The van der Waals surface area contributed by atoms with Gasteiger partial charge in [0.2, 0.25) is 0 Å². The van der Waals surface area contributed by atoms with E-state index >= 15 is 4.57 Å². The summed E-state index contributed by atoms with van der Waals surface area (Å²) in [7, 11) is 0.272. The van der Waals surface area contributed by atoms with E-state index in [0.717, 1.165) is 49.7 Å². The molecule has 0 N–H and O–H groups in total. The Morgan fingerprint density at radius 2 is 1.51 bits per heavy atom. The first-order chi connectivity index (χ1) is 27.6. The van der Waals surface area contributed by atoms with E-state index in [1.54, 1.807) is 25.6 Å². The summed E-state index contributed by atoms with van der Waals surface area (Å²) in [5.74, 6) is 1.47. The van der Waals surface area contributed by atoms with Gasteiger partial charge < -0.3 is 28.1 Å². The zero-order chi connectivity index (χ0) is 40.2. The molecule has 1 fully saturated rings. The number of rotatable bonds is 16. The molecule has 1 saturated heterocycles. The number of nitriles is 1. The van der Waals surface area contributed by atoms with Crippen LogP contribution in [0.25, 0.3) is 21.5 Å². The van der Waals surface area contributed by atoms with Crippen molar-refractivity contribution in [3.63, 3.8) is 0 Å².